The van der Waals surface area contributed by atoms with E-state index in [0.717, 1.165) is 0 Å². The predicted octanol–water partition coefficient (Wildman–Crippen LogP) is 5.73. The minimum atomic E-state index is -0.556. The second-order valence-electron chi connectivity index (χ2n) is 13.9. The Hall–Kier alpha value is 0.993. The van der Waals surface area contributed by atoms with Crippen molar-refractivity contribution in [3.63, 3.8) is 0 Å². The minimum absolute atomic E-state index is 0. The molecule has 0 aliphatic heterocycles. The van der Waals surface area contributed by atoms with E-state index in [1.54, 1.807) is 65.2 Å². The summed E-state index contributed by atoms with van der Waals surface area (Å²) < 4.78 is 0. The van der Waals surface area contributed by atoms with Gasteiger partial charge in [0, 0.05) is 113 Å². The van der Waals surface area contributed by atoms with Crippen molar-refractivity contribution in [2.24, 2.45) is 0 Å². The molecule has 0 saturated heterocycles. The number of rotatable bonds is 13. The molecule has 0 bridgehead atoms. The molecule has 0 aromatic rings. The van der Waals surface area contributed by atoms with Crippen LogP contribution in [0.5, 0.6) is 0 Å². The summed E-state index contributed by atoms with van der Waals surface area (Å²) in [5.41, 5.74) is 0. The first-order chi connectivity index (χ1) is 27.9. The summed E-state index contributed by atoms with van der Waals surface area (Å²) in [6.45, 7) is 24.8. The first kappa shape index (κ1) is 93.9. The number of aliphatic hydroxyl groups excluding tert-OH is 12. The average Bonchev–Trinajstić information content (AvgIpc) is 3.86. The normalized spacial score (nSPS) is 11.4. The molecule has 2 saturated carbocycles. The van der Waals surface area contributed by atoms with Crippen LogP contribution in [0.3, 0.4) is 0 Å². The number of carbonyl (C=O) groups is 1. The van der Waals surface area contributed by atoms with Crippen LogP contribution in [0, 0.1) is 13.8 Å². The standard InChI is InChI=1S/2C6H15NO3.C5H8O2.C5H10.C5H9.4C3H8O.C3H6O.CH3.2ClH.3Ti/c2*8-4-1-7(2-5-9)3-6-10;1-4(6)3-5(2)7;2*1-2-4-5-3-1;5*1-3(2)4;;;;;;/h2*8-10H,1-6H2;3,6H,1-2H3;1-5H2;1H,2-5H2;4*3-4H,1-2H3;4H,1H2,2H3;1H3;2*1H;;;/q;;;;-1;;;;;;-1;;;;;+2/p-2. The van der Waals surface area contributed by atoms with Crippen LogP contribution >= 0.6 is 18.6 Å². The van der Waals surface area contributed by atoms with Gasteiger partial charge in [-0.3, -0.25) is 14.6 Å². The summed E-state index contributed by atoms with van der Waals surface area (Å²) in [5, 5.41) is 99.4. The van der Waals surface area contributed by atoms with Crippen LogP contribution in [0.4, 0.5) is 0 Å². The summed E-state index contributed by atoms with van der Waals surface area (Å²) in [6, 6.07) is 0. The molecular formula is C43H98Cl2N2O13Ti3-2. The Kier molecular flexibility index (Phi) is 134. The van der Waals surface area contributed by atoms with E-state index in [0.29, 0.717) is 39.3 Å². The zero-order valence-corrected chi connectivity index (χ0v) is 47.6. The van der Waals surface area contributed by atoms with Gasteiger partial charge in [0.25, 0.3) is 0 Å². The molecule has 0 spiro atoms. The van der Waals surface area contributed by atoms with Gasteiger partial charge in [-0.1, -0.05) is 51.5 Å². The quantitative estimate of drug-likeness (QED) is 0.0455. The zero-order valence-electron chi connectivity index (χ0n) is 41.4. The molecule has 0 atom stereocenters. The third kappa shape index (κ3) is 215. The Morgan fingerprint density at radius 3 is 0.778 bits per heavy atom. The topological polar surface area (TPSA) is 266 Å². The molecule has 0 radical (unpaired) electrons. The van der Waals surface area contributed by atoms with Crippen LogP contribution in [0.15, 0.2) is 24.2 Å². The van der Waals surface area contributed by atoms with E-state index >= 15 is 0 Å². The van der Waals surface area contributed by atoms with E-state index in [4.69, 9.17) is 79.9 Å². The Labute approximate surface area is 432 Å². The van der Waals surface area contributed by atoms with Crippen molar-refractivity contribution in [3.05, 3.63) is 38.0 Å². The van der Waals surface area contributed by atoms with Crippen molar-refractivity contribution in [2.75, 3.05) is 78.9 Å². The largest absolute Gasteiger partial charge is 0 e. The van der Waals surface area contributed by atoms with Crippen molar-refractivity contribution < 1.29 is 127 Å². The second kappa shape index (κ2) is 89.6. The molecule has 386 valence electrons. The SMILES string of the molecule is C1CCCC1.C=C(C)O.CC(=O)C=C(C)O.CC(C)O.CC(C)O.CC(C)O.CC(C)O.OCCN(CCO)CCO.OCCN(CCO)CCO.[CH-]1CCCC1.[CH3-].[Cl][Ti][Cl].[Ti].[Ti]. The van der Waals surface area contributed by atoms with Gasteiger partial charge in [-0.15, -0.1) is 0 Å². The number of allylic oxidation sites excluding steroid dienone is 3. The van der Waals surface area contributed by atoms with Crippen LogP contribution in [-0.4, -0.2) is 180 Å². The first-order valence-corrected chi connectivity index (χ1v) is 25.0. The molecule has 20 heteroatoms. The molecule has 0 aromatic heterocycles. The van der Waals surface area contributed by atoms with Gasteiger partial charge in [0.2, 0.25) is 0 Å². The van der Waals surface area contributed by atoms with Crippen molar-refractivity contribution in [2.45, 2.75) is 158 Å². The predicted molar refractivity (Wildman–Crippen MR) is 253 cm³/mol. The van der Waals surface area contributed by atoms with Gasteiger partial charge in [-0.05, 0) is 76.2 Å². The molecule has 0 amide bonds. The molecule has 2 fully saturated rings. The maximum Gasteiger partial charge on any atom is 0 e. The van der Waals surface area contributed by atoms with E-state index in [2.05, 4.69) is 13.0 Å². The molecule has 15 nitrogen and oxygen atoms in total. The maximum absolute atomic E-state index is 10.0. The Morgan fingerprint density at radius 1 is 0.556 bits per heavy atom. The van der Waals surface area contributed by atoms with E-state index in [9.17, 15) is 4.79 Å². The van der Waals surface area contributed by atoms with Crippen molar-refractivity contribution in [1.29, 1.82) is 0 Å². The van der Waals surface area contributed by atoms with Gasteiger partial charge < -0.3 is 75.1 Å². The Bertz CT molecular complexity index is 665. The van der Waals surface area contributed by atoms with Crippen molar-refractivity contribution >= 4 is 24.4 Å². The molecule has 12 N–H and O–H groups in total. The van der Waals surface area contributed by atoms with Gasteiger partial charge in [0.15, 0.2) is 5.78 Å². The third-order valence-electron chi connectivity index (χ3n) is 5.23. The van der Waals surface area contributed by atoms with Crippen LogP contribution < -0.4 is 0 Å². The molecule has 2 aliphatic carbocycles. The number of hydrogen-bond donors (Lipinski definition) is 12. The fourth-order valence-electron chi connectivity index (χ4n) is 3.42. The fourth-order valence-corrected chi connectivity index (χ4v) is 3.42. The van der Waals surface area contributed by atoms with Crippen LogP contribution in [0.1, 0.15) is 134 Å². The maximum atomic E-state index is 10.0. The first-order valence-electron chi connectivity index (χ1n) is 20.7. The van der Waals surface area contributed by atoms with E-state index < -0.39 is 17.0 Å². The summed E-state index contributed by atoms with van der Waals surface area (Å²) in [5.74, 6) is 0.104. The van der Waals surface area contributed by atoms with Gasteiger partial charge in [0.1, 0.15) is 0 Å². The fraction of sp³-hybridized carbons (Fsp3) is 0.837. The number of hydrogen-bond acceptors (Lipinski definition) is 15. The van der Waals surface area contributed by atoms with E-state index in [1.165, 1.54) is 84.6 Å². The molecule has 2 rings (SSSR count). The number of nitrogens with zero attached hydrogens (tertiary/aromatic N) is 2. The van der Waals surface area contributed by atoms with E-state index in [-0.39, 0.29) is 132 Å². The molecule has 0 aromatic carbocycles. The second-order valence-corrected chi connectivity index (χ2v) is 16.5. The van der Waals surface area contributed by atoms with Crippen molar-refractivity contribution in [1.82, 2.24) is 9.80 Å². The molecule has 2 aliphatic rings. The minimum Gasteiger partial charge on any atom is 0 e. The molecular weight excluding hydrogens is 967 g/mol. The third-order valence-corrected chi connectivity index (χ3v) is 5.23. The van der Waals surface area contributed by atoms with Gasteiger partial charge in [-0.2, -0.15) is 12.8 Å². The monoisotopic (exact) mass is 1060 g/mol. The molecule has 0 unspecified atom stereocenters. The Morgan fingerprint density at radius 2 is 0.714 bits per heavy atom. The van der Waals surface area contributed by atoms with Crippen LogP contribution in [0.25, 0.3) is 0 Å². The van der Waals surface area contributed by atoms with Crippen LogP contribution in [-0.2, 0) is 65.3 Å². The average molecular weight is 1070 g/mol. The summed E-state index contributed by atoms with van der Waals surface area (Å²) in [4.78, 5) is 13.6. The van der Waals surface area contributed by atoms with E-state index in [1.807, 2.05) is 0 Å². The van der Waals surface area contributed by atoms with Gasteiger partial charge in [0.05, 0.1) is 51.2 Å². The van der Waals surface area contributed by atoms with Crippen LogP contribution in [0.2, 0.25) is 0 Å². The number of carbonyl (C=O) groups excluding carboxylic acids is 1. The summed E-state index contributed by atoms with van der Waals surface area (Å²) in [7, 11) is 9.78. The van der Waals surface area contributed by atoms with Gasteiger partial charge in [-0.25, -0.2) is 0 Å². The smallest absolute Gasteiger partial charge is 0 e. The zero-order chi connectivity index (χ0) is 49.2. The number of ketones is 1. The number of halogens is 2. The molecule has 63 heavy (non-hydrogen) atoms. The van der Waals surface area contributed by atoms with Gasteiger partial charge >= 0.3 is 35.6 Å². The molecule has 0 heterocycles. The summed E-state index contributed by atoms with van der Waals surface area (Å²) in [6.07, 6.45) is 16.0. The van der Waals surface area contributed by atoms with Crippen molar-refractivity contribution in [3.8, 4) is 0 Å². The number of aliphatic hydroxyl groups is 12. The Balaban J connectivity index is -0.0000000462. The summed E-state index contributed by atoms with van der Waals surface area (Å²) >= 11 is -0.556.